The van der Waals surface area contributed by atoms with E-state index in [0.29, 0.717) is 0 Å². The molecule has 2 heteroatoms. The van der Waals surface area contributed by atoms with Crippen molar-refractivity contribution in [2.75, 3.05) is 0 Å². The molecule has 42 heavy (non-hydrogen) atoms. The molecule has 9 aromatic rings. The number of rotatable bonds is 3. The summed E-state index contributed by atoms with van der Waals surface area (Å²) in [6, 6.07) is 57.1. The quantitative estimate of drug-likeness (QED) is 0.213. The molecule has 0 saturated heterocycles. The molecule has 0 spiro atoms. The van der Waals surface area contributed by atoms with Gasteiger partial charge in [-0.3, -0.25) is 0 Å². The van der Waals surface area contributed by atoms with Gasteiger partial charge in [-0.1, -0.05) is 127 Å². The summed E-state index contributed by atoms with van der Waals surface area (Å²) < 4.78 is 4.95. The molecule has 0 radical (unpaired) electrons. The van der Waals surface area contributed by atoms with Gasteiger partial charge in [0.1, 0.15) is 0 Å². The third-order valence-corrected chi connectivity index (χ3v) is 8.71. The lowest BCUT2D eigenvalue weighted by Gasteiger charge is -2.14. The van der Waals surface area contributed by atoms with Gasteiger partial charge >= 0.3 is 0 Å². The summed E-state index contributed by atoms with van der Waals surface area (Å²) in [5, 5.41) is 7.56. The Morgan fingerprint density at radius 3 is 1.81 bits per heavy atom. The van der Waals surface area contributed by atoms with Crippen molar-refractivity contribution in [3.8, 4) is 22.5 Å². The number of aromatic nitrogens is 2. The second kappa shape index (κ2) is 8.95. The van der Waals surface area contributed by atoms with Gasteiger partial charge < -0.3 is 9.13 Å². The highest BCUT2D eigenvalue weighted by Crippen LogP contribution is 2.43. The van der Waals surface area contributed by atoms with Crippen LogP contribution in [-0.4, -0.2) is 9.13 Å². The van der Waals surface area contributed by atoms with Crippen molar-refractivity contribution in [3.05, 3.63) is 158 Å². The van der Waals surface area contributed by atoms with E-state index >= 15 is 0 Å². The van der Waals surface area contributed by atoms with E-state index in [1.165, 1.54) is 76.9 Å². The lowest BCUT2D eigenvalue weighted by molar-refractivity contribution is 1.18. The lowest BCUT2D eigenvalue weighted by atomic mass is 10.0. The van der Waals surface area contributed by atoms with Crippen LogP contribution >= 0.6 is 0 Å². The molecule has 0 atom stereocenters. The van der Waals surface area contributed by atoms with E-state index in [2.05, 4.69) is 167 Å². The second-order valence-corrected chi connectivity index (χ2v) is 10.9. The number of hydrogen-bond donors (Lipinski definition) is 0. The van der Waals surface area contributed by atoms with Crippen LogP contribution in [0.5, 0.6) is 0 Å². The Labute approximate surface area is 243 Å². The van der Waals surface area contributed by atoms with Crippen LogP contribution in [0.1, 0.15) is 0 Å². The van der Waals surface area contributed by atoms with Gasteiger partial charge in [0.15, 0.2) is 0 Å². The number of hydrogen-bond acceptors (Lipinski definition) is 0. The maximum atomic E-state index is 2.50. The van der Waals surface area contributed by atoms with Crippen LogP contribution in [-0.2, 0) is 0 Å². The molecule has 0 N–H and O–H groups in total. The average molecular weight is 535 g/mol. The van der Waals surface area contributed by atoms with Crippen molar-refractivity contribution in [1.29, 1.82) is 0 Å². The van der Waals surface area contributed by atoms with Gasteiger partial charge in [-0.05, 0) is 41.3 Å². The summed E-state index contributed by atoms with van der Waals surface area (Å²) in [6.45, 7) is 0. The normalized spacial score (nSPS) is 11.8. The molecule has 0 saturated carbocycles. The smallest absolute Gasteiger partial charge is 0.0641 e. The molecule has 0 aliphatic heterocycles. The minimum Gasteiger partial charge on any atom is -0.309 e. The molecule has 0 unspecified atom stereocenters. The van der Waals surface area contributed by atoms with Crippen molar-refractivity contribution in [2.45, 2.75) is 0 Å². The predicted octanol–water partition coefficient (Wildman–Crippen LogP) is 10.7. The minimum absolute atomic E-state index is 1.18. The molecular weight excluding hydrogens is 508 g/mol. The predicted molar refractivity (Wildman–Crippen MR) is 178 cm³/mol. The maximum Gasteiger partial charge on any atom is 0.0641 e. The van der Waals surface area contributed by atoms with E-state index in [1.54, 1.807) is 0 Å². The fourth-order valence-corrected chi connectivity index (χ4v) is 6.95. The van der Waals surface area contributed by atoms with E-state index in [4.69, 9.17) is 0 Å². The molecule has 0 amide bonds. The lowest BCUT2D eigenvalue weighted by Crippen LogP contribution is -1.98. The number of nitrogens with zero attached hydrogens (tertiary/aromatic N) is 2. The van der Waals surface area contributed by atoms with Gasteiger partial charge in [-0.25, -0.2) is 0 Å². The zero-order valence-electron chi connectivity index (χ0n) is 22.9. The van der Waals surface area contributed by atoms with Crippen LogP contribution in [0.4, 0.5) is 0 Å². The Bertz CT molecular complexity index is 2450. The SMILES string of the molecule is c1ccc(-c2ccccc2-n2c3ccccc3c3c2ccc2c4ccccc4n(-c4cccc5ccccc45)c23)cc1. The highest BCUT2D eigenvalue weighted by molar-refractivity contribution is 6.26. The molecule has 7 aromatic carbocycles. The average Bonchev–Trinajstić information content (AvgIpc) is 3.58. The summed E-state index contributed by atoms with van der Waals surface area (Å²) in [6.07, 6.45) is 0. The molecule has 0 aliphatic rings. The Balaban J connectivity index is 1.49. The first-order valence-electron chi connectivity index (χ1n) is 14.5. The number of fused-ring (bicyclic) bond motifs is 8. The van der Waals surface area contributed by atoms with Gasteiger partial charge in [-0.2, -0.15) is 0 Å². The molecular formula is C40H26N2. The Kier molecular flexibility index (Phi) is 4.93. The van der Waals surface area contributed by atoms with E-state index in [9.17, 15) is 0 Å². The Morgan fingerprint density at radius 2 is 0.952 bits per heavy atom. The number of para-hydroxylation sites is 3. The van der Waals surface area contributed by atoms with Crippen molar-refractivity contribution >= 4 is 54.4 Å². The van der Waals surface area contributed by atoms with Crippen LogP contribution in [0.25, 0.3) is 76.9 Å². The van der Waals surface area contributed by atoms with E-state index in [-0.39, 0.29) is 0 Å². The molecule has 0 fully saturated rings. The topological polar surface area (TPSA) is 9.86 Å². The Hall–Kier alpha value is -5.60. The Morgan fingerprint density at radius 1 is 0.333 bits per heavy atom. The van der Waals surface area contributed by atoms with Crippen LogP contribution in [0, 0.1) is 0 Å². The van der Waals surface area contributed by atoms with Crippen LogP contribution in [0.2, 0.25) is 0 Å². The second-order valence-electron chi connectivity index (χ2n) is 10.9. The molecule has 2 heterocycles. The van der Waals surface area contributed by atoms with Gasteiger partial charge in [0.2, 0.25) is 0 Å². The maximum absolute atomic E-state index is 2.50. The first kappa shape index (κ1) is 23.1. The fourth-order valence-electron chi connectivity index (χ4n) is 6.95. The monoisotopic (exact) mass is 534 g/mol. The van der Waals surface area contributed by atoms with Crippen LogP contribution in [0.3, 0.4) is 0 Å². The largest absolute Gasteiger partial charge is 0.309 e. The third-order valence-electron chi connectivity index (χ3n) is 8.71. The van der Waals surface area contributed by atoms with Crippen LogP contribution in [0.15, 0.2) is 158 Å². The summed E-state index contributed by atoms with van der Waals surface area (Å²) >= 11 is 0. The third kappa shape index (κ3) is 3.21. The van der Waals surface area contributed by atoms with Crippen molar-refractivity contribution in [3.63, 3.8) is 0 Å². The molecule has 0 bridgehead atoms. The fraction of sp³-hybridized carbons (Fsp3) is 0. The summed E-state index contributed by atoms with van der Waals surface area (Å²) in [7, 11) is 0. The molecule has 9 rings (SSSR count). The molecule has 196 valence electrons. The van der Waals surface area contributed by atoms with Gasteiger partial charge in [0.25, 0.3) is 0 Å². The van der Waals surface area contributed by atoms with Gasteiger partial charge in [0, 0.05) is 32.5 Å². The van der Waals surface area contributed by atoms with E-state index < -0.39 is 0 Å². The zero-order valence-corrected chi connectivity index (χ0v) is 22.9. The summed E-state index contributed by atoms with van der Waals surface area (Å²) in [4.78, 5) is 0. The molecule has 2 nitrogen and oxygen atoms in total. The zero-order chi connectivity index (χ0) is 27.6. The van der Waals surface area contributed by atoms with Crippen molar-refractivity contribution < 1.29 is 0 Å². The minimum atomic E-state index is 1.18. The highest BCUT2D eigenvalue weighted by Gasteiger charge is 2.22. The van der Waals surface area contributed by atoms with Crippen molar-refractivity contribution in [1.82, 2.24) is 9.13 Å². The first-order valence-corrected chi connectivity index (χ1v) is 14.5. The number of benzene rings is 7. The summed E-state index contributed by atoms with van der Waals surface area (Å²) in [5.74, 6) is 0. The standard InChI is InChI=1S/C40H26N2/c1-2-13-27(14-3-1)29-18-6-9-21-34(29)41-37-23-11-8-20-33(37)39-38(41)26-25-32-31-19-7-10-22-36(31)42(40(32)39)35-24-12-16-28-15-4-5-17-30(28)35/h1-26H. The molecule has 0 aliphatic carbocycles. The first-order chi connectivity index (χ1) is 20.9. The van der Waals surface area contributed by atoms with E-state index in [0.717, 1.165) is 0 Å². The van der Waals surface area contributed by atoms with Crippen LogP contribution < -0.4 is 0 Å². The molecule has 2 aromatic heterocycles. The highest BCUT2D eigenvalue weighted by atomic mass is 15.0. The van der Waals surface area contributed by atoms with E-state index in [1.807, 2.05) is 0 Å². The van der Waals surface area contributed by atoms with Crippen molar-refractivity contribution in [2.24, 2.45) is 0 Å². The van der Waals surface area contributed by atoms with Gasteiger partial charge in [0.05, 0.1) is 33.4 Å². The van der Waals surface area contributed by atoms with Gasteiger partial charge in [-0.15, -0.1) is 0 Å². The summed E-state index contributed by atoms with van der Waals surface area (Å²) in [5.41, 5.74) is 9.69.